The maximum absolute atomic E-state index is 13.5. The van der Waals surface area contributed by atoms with E-state index in [2.05, 4.69) is 38.0 Å². The van der Waals surface area contributed by atoms with Gasteiger partial charge in [0, 0.05) is 71.1 Å². The molecular weight excluding hydrogens is 476 g/mol. The Morgan fingerprint density at radius 3 is 2.69 bits per heavy atom. The summed E-state index contributed by atoms with van der Waals surface area (Å²) in [5.41, 5.74) is 1.24. The second-order valence-corrected chi connectivity index (χ2v) is 12.9. The molecule has 4 aliphatic heterocycles. The first-order valence-corrected chi connectivity index (χ1v) is 14.1. The fourth-order valence-corrected chi connectivity index (χ4v) is 9.14. The normalized spacial score (nSPS) is 31.6. The van der Waals surface area contributed by atoms with Crippen LogP contribution in [0.25, 0.3) is 0 Å². The number of carbonyl (C=O) groups excluding carboxylic acids is 1. The highest BCUT2D eigenvalue weighted by molar-refractivity contribution is 7.86. The van der Waals surface area contributed by atoms with Crippen LogP contribution in [0.4, 0.5) is 17.5 Å². The van der Waals surface area contributed by atoms with E-state index in [4.69, 9.17) is 4.98 Å². The smallest absolute Gasteiger partial charge is 0.230 e. The van der Waals surface area contributed by atoms with Crippen molar-refractivity contribution in [3.8, 4) is 6.07 Å². The first-order chi connectivity index (χ1) is 17.4. The zero-order valence-corrected chi connectivity index (χ0v) is 21.1. The van der Waals surface area contributed by atoms with Crippen LogP contribution in [0.15, 0.2) is 18.6 Å². The molecular formula is C25H28N8O2S. The molecule has 2 aromatic heterocycles. The van der Waals surface area contributed by atoms with Gasteiger partial charge < -0.3 is 14.7 Å². The predicted molar refractivity (Wildman–Crippen MR) is 133 cm³/mol. The molecule has 5 fully saturated rings. The van der Waals surface area contributed by atoms with Crippen molar-refractivity contribution in [2.75, 3.05) is 41.7 Å². The molecule has 2 aliphatic carbocycles. The van der Waals surface area contributed by atoms with Crippen LogP contribution < -0.4 is 9.80 Å². The van der Waals surface area contributed by atoms with E-state index < -0.39 is 10.8 Å². The lowest BCUT2D eigenvalue weighted by Crippen LogP contribution is -2.59. The molecule has 1 amide bonds. The highest BCUT2D eigenvalue weighted by atomic mass is 32.2. The molecule has 3 saturated heterocycles. The number of fused-ring (bicyclic) bond motifs is 3. The van der Waals surface area contributed by atoms with Crippen molar-refractivity contribution < 1.29 is 9.00 Å². The molecule has 11 heteroatoms. The highest BCUT2D eigenvalue weighted by Gasteiger charge is 2.61. The van der Waals surface area contributed by atoms with Crippen LogP contribution in [0, 0.1) is 16.7 Å². The number of nitrogens with zero attached hydrogens (tertiary/aromatic N) is 8. The number of hydrogen-bond donors (Lipinski definition) is 0. The minimum Gasteiger partial charge on any atom is -0.352 e. The minimum absolute atomic E-state index is 0.0275. The number of rotatable bonds is 3. The van der Waals surface area contributed by atoms with Crippen LogP contribution >= 0.6 is 0 Å². The summed E-state index contributed by atoms with van der Waals surface area (Å²) in [6, 6.07) is 3.97. The topological polar surface area (TPSA) is 119 Å². The largest absolute Gasteiger partial charge is 0.352 e. The van der Waals surface area contributed by atoms with E-state index in [9.17, 15) is 14.3 Å². The second-order valence-electron chi connectivity index (χ2n) is 11.2. The molecule has 36 heavy (non-hydrogen) atoms. The van der Waals surface area contributed by atoms with Gasteiger partial charge in [-0.05, 0) is 32.6 Å². The second kappa shape index (κ2) is 7.68. The van der Waals surface area contributed by atoms with E-state index in [1.165, 1.54) is 11.8 Å². The van der Waals surface area contributed by atoms with Crippen molar-refractivity contribution in [2.24, 2.45) is 5.41 Å². The van der Waals surface area contributed by atoms with Gasteiger partial charge in [0.15, 0.2) is 5.82 Å². The molecule has 0 N–H and O–H groups in total. The average molecular weight is 505 g/mol. The quantitative estimate of drug-likeness (QED) is 0.615. The van der Waals surface area contributed by atoms with Gasteiger partial charge in [0.05, 0.1) is 17.2 Å². The fraction of sp³-hybridized carbons (Fsp3) is 0.600. The maximum atomic E-state index is 13.5. The van der Waals surface area contributed by atoms with E-state index >= 15 is 0 Å². The lowest BCUT2D eigenvalue weighted by molar-refractivity contribution is -0.146. The van der Waals surface area contributed by atoms with Gasteiger partial charge in [-0.2, -0.15) is 10.4 Å². The third-order valence-electron chi connectivity index (χ3n) is 9.08. The summed E-state index contributed by atoms with van der Waals surface area (Å²) < 4.78 is 12.2. The molecule has 2 saturated carbocycles. The van der Waals surface area contributed by atoms with E-state index in [1.807, 2.05) is 4.90 Å². The van der Waals surface area contributed by atoms with Crippen LogP contribution in [0.5, 0.6) is 0 Å². The summed E-state index contributed by atoms with van der Waals surface area (Å²) >= 11 is 0. The molecule has 10 nitrogen and oxygen atoms in total. The van der Waals surface area contributed by atoms with E-state index in [0.717, 1.165) is 50.3 Å². The lowest BCUT2D eigenvalue weighted by atomic mass is 9.66. The lowest BCUT2D eigenvalue weighted by Gasteiger charge is -2.47. The van der Waals surface area contributed by atoms with Crippen molar-refractivity contribution in [3.05, 3.63) is 29.7 Å². The molecule has 1 spiro atoms. The van der Waals surface area contributed by atoms with Gasteiger partial charge in [-0.15, -0.1) is 5.10 Å². The van der Waals surface area contributed by atoms with Crippen molar-refractivity contribution >= 4 is 34.2 Å². The van der Waals surface area contributed by atoms with E-state index in [1.54, 1.807) is 12.4 Å². The zero-order chi connectivity index (χ0) is 24.7. The first kappa shape index (κ1) is 22.1. The SMILES string of the molecule is CC1CN(c2ncnc3c2C2(CCC2)CN3c2cc(C#N)cnn2)CCN1C(=O)C12CC(C1)S(=O)C2. The average Bonchev–Trinajstić information content (AvgIpc) is 3.49. The number of amides is 1. The Labute approximate surface area is 212 Å². The Bertz CT molecular complexity index is 1330. The molecule has 8 rings (SSSR count). The van der Waals surface area contributed by atoms with Crippen LogP contribution in [0.1, 0.15) is 50.2 Å². The molecule has 6 heterocycles. The van der Waals surface area contributed by atoms with Crippen LogP contribution in [0.3, 0.4) is 0 Å². The van der Waals surface area contributed by atoms with Gasteiger partial charge in [-0.25, -0.2) is 9.97 Å². The summed E-state index contributed by atoms with van der Waals surface area (Å²) in [6.45, 7) is 4.93. The summed E-state index contributed by atoms with van der Waals surface area (Å²) in [7, 11) is -0.838. The van der Waals surface area contributed by atoms with E-state index in [0.29, 0.717) is 36.8 Å². The van der Waals surface area contributed by atoms with Gasteiger partial charge >= 0.3 is 0 Å². The number of anilines is 3. The maximum Gasteiger partial charge on any atom is 0.230 e. The number of aromatic nitrogens is 4. The van der Waals surface area contributed by atoms with Gasteiger partial charge in [0.1, 0.15) is 24.0 Å². The minimum atomic E-state index is -0.838. The van der Waals surface area contributed by atoms with Crippen molar-refractivity contribution in [3.63, 3.8) is 0 Å². The molecule has 2 aromatic rings. The van der Waals surface area contributed by atoms with Gasteiger partial charge in [0.2, 0.25) is 5.91 Å². The van der Waals surface area contributed by atoms with Crippen molar-refractivity contribution in [2.45, 2.75) is 55.7 Å². The summed E-state index contributed by atoms with van der Waals surface area (Å²) in [5.74, 6) is 3.18. The van der Waals surface area contributed by atoms with E-state index in [-0.39, 0.29) is 28.0 Å². The van der Waals surface area contributed by atoms with Crippen molar-refractivity contribution in [1.82, 2.24) is 25.1 Å². The Balaban J connectivity index is 1.18. The third kappa shape index (κ3) is 3.00. The fourth-order valence-electron chi connectivity index (χ4n) is 6.99. The summed E-state index contributed by atoms with van der Waals surface area (Å²) in [6.07, 6.45) is 7.96. The molecule has 0 aromatic carbocycles. The Hall–Kier alpha value is -3.13. The summed E-state index contributed by atoms with van der Waals surface area (Å²) in [5, 5.41) is 17.9. The monoisotopic (exact) mass is 504 g/mol. The number of carbonyl (C=O) groups is 1. The zero-order valence-electron chi connectivity index (χ0n) is 20.3. The highest BCUT2D eigenvalue weighted by Crippen LogP contribution is 2.56. The summed E-state index contributed by atoms with van der Waals surface area (Å²) in [4.78, 5) is 29.3. The molecule has 186 valence electrons. The number of nitriles is 1. The Morgan fingerprint density at radius 1 is 1.22 bits per heavy atom. The van der Waals surface area contributed by atoms with Gasteiger partial charge in [-0.3, -0.25) is 9.00 Å². The van der Waals surface area contributed by atoms with Crippen molar-refractivity contribution in [1.29, 1.82) is 5.26 Å². The first-order valence-electron chi connectivity index (χ1n) is 12.7. The van der Waals surface area contributed by atoms with Gasteiger partial charge in [0.25, 0.3) is 0 Å². The number of hydrogen-bond acceptors (Lipinski definition) is 9. The van der Waals surface area contributed by atoms with Crippen LogP contribution in [-0.4, -0.2) is 78.4 Å². The third-order valence-corrected chi connectivity index (χ3v) is 11.0. The standard InChI is InChI=1S/C25H28N8O2S/c1-16-12-31(5-6-32(16)23(34)25-8-18(9-25)36(35)14-25)21-20-22(28-15-27-21)33(13-24(20)3-2-4-24)19-7-17(10-26)11-29-30-19/h7,11,15-16,18H,2-6,8-9,12-14H2,1H3. The Kier molecular flexibility index (Phi) is 4.72. The predicted octanol–water partition coefficient (Wildman–Crippen LogP) is 1.66. The van der Waals surface area contributed by atoms with Gasteiger partial charge in [-0.1, -0.05) is 6.42 Å². The number of piperazine rings is 1. The molecule has 2 unspecified atom stereocenters. The Morgan fingerprint density at radius 2 is 2.03 bits per heavy atom. The molecule has 6 aliphatic rings. The molecule has 0 radical (unpaired) electrons. The van der Waals surface area contributed by atoms with Crippen LogP contribution in [-0.2, 0) is 21.0 Å². The molecule has 2 atom stereocenters. The molecule has 2 bridgehead atoms. The van der Waals surface area contributed by atoms with Crippen LogP contribution in [0.2, 0.25) is 0 Å².